The van der Waals surface area contributed by atoms with Gasteiger partial charge in [-0.2, -0.15) is 21.6 Å². The van der Waals surface area contributed by atoms with E-state index in [0.717, 1.165) is 18.2 Å². The average Bonchev–Trinajstić information content (AvgIpc) is 2.88. The van der Waals surface area contributed by atoms with Crippen LogP contribution in [0.1, 0.15) is 37.0 Å². The predicted molar refractivity (Wildman–Crippen MR) is 89.1 cm³/mol. The lowest BCUT2D eigenvalue weighted by molar-refractivity contribution is -0.136. The molecule has 2 aliphatic carbocycles. The number of carbonyl (C=O) groups excluding carboxylic acids is 2. The summed E-state index contributed by atoms with van der Waals surface area (Å²) in [4.78, 5) is 25.3. The zero-order chi connectivity index (χ0) is 22.0. The van der Waals surface area contributed by atoms with Gasteiger partial charge >= 0.3 is 15.6 Å². The standard InChI is InChI=1S/C18H15F5O5S/c1-16(2)10-6-7-17(16,28-29(26,27)18(21,22)23)15(25)9(10)8-13(24)14-11(19)4-3-5-12(14)20/h3-5,8,10H,6-7H2,1-2H3/t10-,17-/m0/s1. The van der Waals surface area contributed by atoms with Crippen LogP contribution in [0.2, 0.25) is 0 Å². The van der Waals surface area contributed by atoms with Crippen LogP contribution in [-0.4, -0.2) is 31.1 Å². The number of hydrogen-bond acceptors (Lipinski definition) is 5. The molecule has 11 heteroatoms. The second kappa shape index (κ2) is 6.43. The lowest BCUT2D eigenvalue weighted by atomic mass is 9.78. The number of ketones is 2. The number of allylic oxidation sites excluding steroid dienone is 1. The maximum absolute atomic E-state index is 13.8. The third-order valence-corrected chi connectivity index (χ3v) is 6.80. The molecular formula is C18H15F5O5S. The van der Waals surface area contributed by atoms with E-state index in [1.165, 1.54) is 13.8 Å². The van der Waals surface area contributed by atoms with Crippen LogP contribution in [0.25, 0.3) is 0 Å². The molecule has 5 nitrogen and oxygen atoms in total. The summed E-state index contributed by atoms with van der Waals surface area (Å²) in [5.74, 6) is -5.48. The minimum atomic E-state index is -6.10. The van der Waals surface area contributed by atoms with Crippen LogP contribution in [0.4, 0.5) is 22.0 Å². The first-order valence-corrected chi connectivity index (χ1v) is 9.83. The number of halogens is 5. The third kappa shape index (κ3) is 3.02. The smallest absolute Gasteiger partial charge is 0.291 e. The summed E-state index contributed by atoms with van der Waals surface area (Å²) in [5, 5.41) is 0. The number of Topliss-reactive ketones (excluding diaryl/α,β-unsaturated/α-hetero) is 1. The van der Waals surface area contributed by atoms with E-state index in [0.29, 0.717) is 6.08 Å². The van der Waals surface area contributed by atoms with Crippen molar-refractivity contribution in [2.24, 2.45) is 11.3 Å². The Kier molecular flexibility index (Phi) is 4.78. The summed E-state index contributed by atoms with van der Waals surface area (Å²) in [6, 6.07) is 2.70. The van der Waals surface area contributed by atoms with Crippen molar-refractivity contribution in [1.29, 1.82) is 0 Å². The fourth-order valence-electron chi connectivity index (χ4n) is 4.19. The van der Waals surface area contributed by atoms with Gasteiger partial charge in [0.05, 0.1) is 5.56 Å². The van der Waals surface area contributed by atoms with E-state index in [1.54, 1.807) is 0 Å². The molecule has 0 spiro atoms. The van der Waals surface area contributed by atoms with E-state index in [1.807, 2.05) is 0 Å². The zero-order valence-electron chi connectivity index (χ0n) is 15.1. The van der Waals surface area contributed by atoms with Crippen molar-refractivity contribution in [2.75, 3.05) is 0 Å². The Morgan fingerprint density at radius 2 is 1.76 bits per heavy atom. The molecule has 158 valence electrons. The molecule has 2 saturated carbocycles. The van der Waals surface area contributed by atoms with Crippen molar-refractivity contribution < 1.29 is 44.1 Å². The molecule has 0 aliphatic heterocycles. The van der Waals surface area contributed by atoms with Crippen LogP contribution in [0.3, 0.4) is 0 Å². The Morgan fingerprint density at radius 1 is 1.21 bits per heavy atom. The fraction of sp³-hybridized carbons (Fsp3) is 0.444. The third-order valence-electron chi connectivity index (χ3n) is 5.73. The molecule has 3 rings (SSSR count). The van der Waals surface area contributed by atoms with Crippen molar-refractivity contribution in [3.8, 4) is 0 Å². The SMILES string of the molecule is CC1(C)[C@H]2CC[C@]1(OS(=O)(=O)C(F)(F)F)C(=O)C2=CC(=O)c1c(F)cccc1F. The molecule has 0 N–H and O–H groups in total. The number of alkyl halides is 3. The summed E-state index contributed by atoms with van der Waals surface area (Å²) in [5.41, 5.74) is -10.7. The fourth-order valence-corrected chi connectivity index (χ4v) is 5.03. The highest BCUT2D eigenvalue weighted by atomic mass is 32.2. The van der Waals surface area contributed by atoms with E-state index < -0.39 is 61.3 Å². The quantitative estimate of drug-likeness (QED) is 0.236. The van der Waals surface area contributed by atoms with E-state index in [9.17, 15) is 40.0 Å². The second-order valence-electron chi connectivity index (χ2n) is 7.51. The molecule has 0 unspecified atom stereocenters. The van der Waals surface area contributed by atoms with Gasteiger partial charge in [0.15, 0.2) is 17.2 Å². The van der Waals surface area contributed by atoms with Gasteiger partial charge in [-0.25, -0.2) is 13.0 Å². The largest absolute Gasteiger partial charge is 0.523 e. The number of carbonyl (C=O) groups is 2. The predicted octanol–water partition coefficient (Wildman–Crippen LogP) is 3.70. The van der Waals surface area contributed by atoms with Gasteiger partial charge in [0.2, 0.25) is 0 Å². The maximum Gasteiger partial charge on any atom is 0.523 e. The van der Waals surface area contributed by atoms with Crippen molar-refractivity contribution in [1.82, 2.24) is 0 Å². The Bertz CT molecular complexity index is 1020. The van der Waals surface area contributed by atoms with Gasteiger partial charge in [-0.05, 0) is 37.0 Å². The van der Waals surface area contributed by atoms with Crippen molar-refractivity contribution in [3.63, 3.8) is 0 Å². The van der Waals surface area contributed by atoms with E-state index in [2.05, 4.69) is 4.18 Å². The van der Waals surface area contributed by atoms with E-state index in [-0.39, 0.29) is 18.4 Å². The Labute approximate surface area is 162 Å². The van der Waals surface area contributed by atoms with E-state index >= 15 is 0 Å². The average molecular weight is 438 g/mol. The molecule has 0 heterocycles. The minimum Gasteiger partial charge on any atom is -0.291 e. The zero-order valence-corrected chi connectivity index (χ0v) is 16.0. The van der Waals surface area contributed by atoms with Crippen molar-refractivity contribution >= 4 is 21.7 Å². The monoisotopic (exact) mass is 438 g/mol. The Hall–Kier alpha value is -2.14. The van der Waals surface area contributed by atoms with Gasteiger partial charge in [-0.1, -0.05) is 19.9 Å². The summed E-state index contributed by atoms with van der Waals surface area (Å²) in [6.07, 6.45) is 0.407. The molecule has 29 heavy (non-hydrogen) atoms. The second-order valence-corrected chi connectivity index (χ2v) is 9.05. The lowest BCUT2D eigenvalue weighted by Gasteiger charge is -2.34. The van der Waals surface area contributed by atoms with Crippen molar-refractivity contribution in [3.05, 3.63) is 47.0 Å². The maximum atomic E-state index is 13.8. The molecule has 0 saturated heterocycles. The molecule has 1 aromatic rings. The topological polar surface area (TPSA) is 77.5 Å². The van der Waals surface area contributed by atoms with Crippen LogP contribution >= 0.6 is 0 Å². The molecule has 0 radical (unpaired) electrons. The van der Waals surface area contributed by atoms with Gasteiger partial charge in [-0.3, -0.25) is 9.59 Å². The highest BCUT2D eigenvalue weighted by molar-refractivity contribution is 7.87. The van der Waals surface area contributed by atoms with Gasteiger partial charge in [0.1, 0.15) is 11.6 Å². The molecule has 2 atom stereocenters. The highest BCUT2D eigenvalue weighted by Crippen LogP contribution is 2.63. The van der Waals surface area contributed by atoms with Crippen LogP contribution in [-0.2, 0) is 19.1 Å². The molecule has 0 aromatic heterocycles. The first-order valence-electron chi connectivity index (χ1n) is 8.42. The number of rotatable bonds is 4. The molecular weight excluding hydrogens is 423 g/mol. The van der Waals surface area contributed by atoms with Crippen LogP contribution in [0.5, 0.6) is 0 Å². The first kappa shape index (κ1) is 21.6. The number of hydrogen-bond donors (Lipinski definition) is 0. The van der Waals surface area contributed by atoms with E-state index in [4.69, 9.17) is 0 Å². The van der Waals surface area contributed by atoms with Crippen LogP contribution < -0.4 is 0 Å². The number of fused-ring (bicyclic) bond motifs is 2. The Balaban J connectivity index is 2.07. The Morgan fingerprint density at radius 3 is 2.28 bits per heavy atom. The molecule has 2 aliphatic rings. The lowest BCUT2D eigenvalue weighted by Crippen LogP contribution is -2.49. The van der Waals surface area contributed by atoms with Gasteiger partial charge in [-0.15, -0.1) is 0 Å². The van der Waals surface area contributed by atoms with Gasteiger partial charge < -0.3 is 0 Å². The normalized spacial score (nSPS) is 27.6. The van der Waals surface area contributed by atoms with Gasteiger partial charge in [0, 0.05) is 11.0 Å². The minimum absolute atomic E-state index is 0.0605. The van der Waals surface area contributed by atoms with Crippen molar-refractivity contribution in [2.45, 2.75) is 37.8 Å². The first-order chi connectivity index (χ1) is 13.2. The molecule has 1 aromatic carbocycles. The molecule has 2 bridgehead atoms. The number of benzene rings is 1. The van der Waals surface area contributed by atoms with Gasteiger partial charge in [0.25, 0.3) is 0 Å². The summed E-state index contributed by atoms with van der Waals surface area (Å²) in [6.45, 7) is 2.70. The highest BCUT2D eigenvalue weighted by Gasteiger charge is 2.71. The summed E-state index contributed by atoms with van der Waals surface area (Å²) in [7, 11) is -6.10. The molecule has 2 fully saturated rings. The molecule has 0 amide bonds. The van der Waals surface area contributed by atoms with Crippen LogP contribution in [0.15, 0.2) is 29.8 Å². The van der Waals surface area contributed by atoms with Crippen LogP contribution in [0, 0.1) is 23.0 Å². The summed E-state index contributed by atoms with van der Waals surface area (Å²) < 4.78 is 93.7. The summed E-state index contributed by atoms with van der Waals surface area (Å²) >= 11 is 0.